The molecule has 3 aromatic rings. The Morgan fingerprint density at radius 2 is 1.58 bits per heavy atom. The van der Waals surface area contributed by atoms with Gasteiger partial charge in [-0.2, -0.15) is 0 Å². The molecule has 0 radical (unpaired) electrons. The maximum Gasteiger partial charge on any atom is 0.343 e. The molecular weight excluding hydrogens is 430 g/mol. The first-order valence-electron chi connectivity index (χ1n) is 9.00. The number of phenols is 1. The van der Waals surface area contributed by atoms with Gasteiger partial charge in [-0.05, 0) is 79.1 Å². The molecule has 0 heterocycles. The molecule has 3 aromatic carbocycles. The lowest BCUT2D eigenvalue weighted by Gasteiger charge is -2.15. The van der Waals surface area contributed by atoms with E-state index in [0.29, 0.717) is 11.1 Å². The lowest BCUT2D eigenvalue weighted by molar-refractivity contribution is -0.143. The fraction of sp³-hybridized carbons (Fsp3) is 0.136. The van der Waals surface area contributed by atoms with E-state index in [1.807, 2.05) is 0 Å². The summed E-state index contributed by atoms with van der Waals surface area (Å²) in [4.78, 5) is 10.2. The highest BCUT2D eigenvalue weighted by molar-refractivity contribution is 7.91. The van der Waals surface area contributed by atoms with Crippen molar-refractivity contribution in [2.45, 2.75) is 29.8 Å². The number of hydrogen-bond donors (Lipinski definition) is 2. The Labute approximate surface area is 177 Å². The van der Waals surface area contributed by atoms with Crippen LogP contribution in [0.2, 0.25) is 0 Å². The number of aryl methyl sites for hydroxylation is 2. The fourth-order valence-electron chi connectivity index (χ4n) is 3.07. The summed E-state index contributed by atoms with van der Waals surface area (Å²) in [6.07, 6.45) is -2.19. The maximum absolute atomic E-state index is 13.8. The van der Waals surface area contributed by atoms with E-state index in [0.717, 1.165) is 36.4 Å². The molecule has 9 heteroatoms. The number of sulfone groups is 1. The highest BCUT2D eigenvalue weighted by atomic mass is 32.2. The van der Waals surface area contributed by atoms with Crippen LogP contribution in [0.25, 0.3) is 0 Å². The van der Waals surface area contributed by atoms with Crippen LogP contribution in [0.5, 0.6) is 17.2 Å². The molecule has 3 rings (SSSR count). The molecule has 0 aliphatic heterocycles. The lowest BCUT2D eigenvalue weighted by Crippen LogP contribution is -2.07. The number of benzene rings is 3. The van der Waals surface area contributed by atoms with Crippen molar-refractivity contribution in [2.75, 3.05) is 0 Å². The number of hydrogen-bond acceptors (Lipinski definition) is 5. The van der Waals surface area contributed by atoms with Gasteiger partial charge in [0.05, 0.1) is 4.90 Å². The van der Waals surface area contributed by atoms with Gasteiger partial charge < -0.3 is 14.9 Å². The van der Waals surface area contributed by atoms with Crippen molar-refractivity contribution in [1.29, 1.82) is 0 Å². The van der Waals surface area contributed by atoms with Gasteiger partial charge in [0, 0.05) is 6.07 Å². The maximum atomic E-state index is 13.8. The summed E-state index contributed by atoms with van der Waals surface area (Å²) in [5, 5.41) is 19.0. The second kappa shape index (κ2) is 8.35. The van der Waals surface area contributed by atoms with Gasteiger partial charge in [-0.3, -0.25) is 0 Å². The second-order valence-electron chi connectivity index (χ2n) is 6.87. The van der Waals surface area contributed by atoms with Gasteiger partial charge in [-0.1, -0.05) is 0 Å². The van der Waals surface area contributed by atoms with Crippen LogP contribution in [0, 0.1) is 19.7 Å². The Balaban J connectivity index is 2.00. The van der Waals surface area contributed by atoms with Crippen LogP contribution in [0.15, 0.2) is 64.4 Å². The van der Waals surface area contributed by atoms with Gasteiger partial charge in [0.2, 0.25) is 16.0 Å². The van der Waals surface area contributed by atoms with Gasteiger partial charge in [0.15, 0.2) is 0 Å². The van der Waals surface area contributed by atoms with Gasteiger partial charge in [0.1, 0.15) is 28.0 Å². The first kappa shape index (κ1) is 22.2. The topological polar surface area (TPSA) is 101 Å². The van der Waals surface area contributed by atoms with Crippen molar-refractivity contribution in [1.82, 2.24) is 0 Å². The SMILES string of the molecule is Cc1cc(C(F)C(=O)O)cc(C)c1Oc1ccc(O)c(S(=O)(=O)c2ccc(F)cc2)c1. The Morgan fingerprint density at radius 3 is 2.13 bits per heavy atom. The van der Waals surface area contributed by atoms with Crippen LogP contribution in [-0.2, 0) is 14.6 Å². The zero-order valence-electron chi connectivity index (χ0n) is 16.5. The first-order valence-corrected chi connectivity index (χ1v) is 10.5. The van der Waals surface area contributed by atoms with Crippen molar-refractivity contribution >= 4 is 15.8 Å². The standard InChI is InChI=1S/C22H18F2O6S/c1-12-9-14(20(24)22(26)27)10-13(2)21(12)30-16-5-8-18(25)19(11-16)31(28,29)17-6-3-15(23)4-7-17/h3-11,20,25H,1-2H3,(H,26,27). The molecule has 0 bridgehead atoms. The molecule has 0 aliphatic rings. The fourth-order valence-corrected chi connectivity index (χ4v) is 4.43. The van der Waals surface area contributed by atoms with E-state index in [2.05, 4.69) is 0 Å². The van der Waals surface area contributed by atoms with Crippen LogP contribution in [-0.4, -0.2) is 24.6 Å². The number of halogens is 2. The number of phenolic OH excluding ortho intramolecular Hbond substituents is 1. The predicted octanol–water partition coefficient (Wildman–Crippen LogP) is 4.87. The highest BCUT2D eigenvalue weighted by Crippen LogP contribution is 2.36. The summed E-state index contributed by atoms with van der Waals surface area (Å²) in [6, 6.07) is 10.4. The van der Waals surface area contributed by atoms with E-state index >= 15 is 0 Å². The smallest absolute Gasteiger partial charge is 0.343 e. The Hall–Kier alpha value is -3.46. The average molecular weight is 448 g/mol. The Kier molecular flexibility index (Phi) is 5.99. The zero-order valence-corrected chi connectivity index (χ0v) is 17.3. The summed E-state index contributed by atoms with van der Waals surface area (Å²) in [7, 11) is -4.16. The van der Waals surface area contributed by atoms with E-state index in [4.69, 9.17) is 9.84 Å². The van der Waals surface area contributed by atoms with Crippen molar-refractivity contribution in [3.8, 4) is 17.2 Å². The Bertz CT molecular complexity index is 1230. The molecule has 0 spiro atoms. The third-order valence-electron chi connectivity index (χ3n) is 4.56. The second-order valence-corrected chi connectivity index (χ2v) is 8.79. The highest BCUT2D eigenvalue weighted by Gasteiger charge is 2.24. The largest absolute Gasteiger partial charge is 0.507 e. The number of aliphatic carboxylic acids is 1. The minimum atomic E-state index is -4.16. The van der Waals surface area contributed by atoms with Crippen LogP contribution in [0.3, 0.4) is 0 Å². The van der Waals surface area contributed by atoms with Crippen molar-refractivity contribution in [2.24, 2.45) is 0 Å². The van der Waals surface area contributed by atoms with E-state index in [9.17, 15) is 27.1 Å². The summed E-state index contributed by atoms with van der Waals surface area (Å²) in [5.74, 6) is -2.36. The molecular formula is C22H18F2O6S. The molecule has 1 unspecified atom stereocenters. The van der Waals surface area contributed by atoms with Crippen molar-refractivity contribution in [3.05, 3.63) is 77.1 Å². The molecule has 0 aliphatic carbocycles. The minimum absolute atomic E-state index is 0.0415. The number of carboxylic acids is 1. The third kappa shape index (κ3) is 4.51. The van der Waals surface area contributed by atoms with Crippen LogP contribution in [0.1, 0.15) is 22.9 Å². The number of ether oxygens (including phenoxy) is 1. The summed E-state index contributed by atoms with van der Waals surface area (Å²) < 4.78 is 58.5. The molecule has 0 amide bonds. The Morgan fingerprint density at radius 1 is 1.00 bits per heavy atom. The van der Waals surface area contributed by atoms with Crippen LogP contribution >= 0.6 is 0 Å². The number of alkyl halides is 1. The molecule has 0 saturated heterocycles. The minimum Gasteiger partial charge on any atom is -0.507 e. The van der Waals surface area contributed by atoms with E-state index in [1.165, 1.54) is 18.2 Å². The molecule has 0 aromatic heterocycles. The van der Waals surface area contributed by atoms with Crippen molar-refractivity contribution < 1.29 is 36.9 Å². The van der Waals surface area contributed by atoms with E-state index < -0.39 is 38.4 Å². The van der Waals surface area contributed by atoms with E-state index in [1.54, 1.807) is 13.8 Å². The summed E-state index contributed by atoms with van der Waals surface area (Å²) in [5.41, 5.74) is 0.838. The van der Waals surface area contributed by atoms with Crippen molar-refractivity contribution in [3.63, 3.8) is 0 Å². The normalized spacial score (nSPS) is 12.4. The number of carboxylic acid groups (broad SMARTS) is 1. The van der Waals surface area contributed by atoms with Gasteiger partial charge >= 0.3 is 5.97 Å². The zero-order chi connectivity index (χ0) is 22.9. The van der Waals surface area contributed by atoms with Gasteiger partial charge in [0.25, 0.3) is 0 Å². The third-order valence-corrected chi connectivity index (χ3v) is 6.36. The lowest BCUT2D eigenvalue weighted by atomic mass is 10.0. The van der Waals surface area contributed by atoms with Gasteiger partial charge in [-0.25, -0.2) is 22.0 Å². The van der Waals surface area contributed by atoms with Gasteiger partial charge in [-0.15, -0.1) is 0 Å². The predicted molar refractivity (Wildman–Crippen MR) is 107 cm³/mol. The number of carbonyl (C=O) groups is 1. The molecule has 1 atom stereocenters. The molecule has 162 valence electrons. The molecule has 0 fully saturated rings. The summed E-state index contributed by atoms with van der Waals surface area (Å²) in [6.45, 7) is 3.19. The van der Waals surface area contributed by atoms with Crippen LogP contribution < -0.4 is 4.74 Å². The monoisotopic (exact) mass is 448 g/mol. The summed E-state index contributed by atoms with van der Waals surface area (Å²) >= 11 is 0. The average Bonchev–Trinajstić information content (AvgIpc) is 2.71. The van der Waals surface area contributed by atoms with Crippen LogP contribution in [0.4, 0.5) is 8.78 Å². The molecule has 2 N–H and O–H groups in total. The molecule has 31 heavy (non-hydrogen) atoms. The first-order chi connectivity index (χ1) is 14.5. The molecule has 6 nitrogen and oxygen atoms in total. The quantitative estimate of drug-likeness (QED) is 0.522. The molecule has 0 saturated carbocycles. The number of rotatable bonds is 6. The number of aromatic hydroxyl groups is 1. The van der Waals surface area contributed by atoms with E-state index in [-0.39, 0.29) is 22.0 Å².